The van der Waals surface area contributed by atoms with Gasteiger partial charge in [0.05, 0.1) is 0 Å². The molecule has 0 unspecified atom stereocenters. The Morgan fingerprint density at radius 1 is 0.255 bits per heavy atom. The molecule has 3 heterocycles. The van der Waals surface area contributed by atoms with Gasteiger partial charge < -0.3 is 9.13 Å². The topological polar surface area (TPSA) is 6.48 Å². The standard InChI is InChI=1S/C48H32N2Si/c1-3-15-33(16-4-1)35-27-29-45-41(31-35)42-32-36(34-17-5-2-6-18-34)28-30-46(42)50-44-24-12-8-20-38(44)40-22-10-14-26-48(40)51(50)47-25-13-9-21-39(47)37-19-7-11-23-43(37)49(45)51/h1-32H. The number of benzene rings is 8. The van der Waals surface area contributed by atoms with Crippen molar-refractivity contribution in [2.24, 2.45) is 0 Å². The van der Waals surface area contributed by atoms with Crippen LogP contribution in [0, 0.1) is 0 Å². The number of rotatable bonds is 2. The first-order valence-corrected chi connectivity index (χ1v) is 19.6. The second-order valence-electron chi connectivity index (χ2n) is 13.7. The normalized spacial score (nSPS) is 14.0. The highest BCUT2D eigenvalue weighted by Crippen LogP contribution is 2.57. The summed E-state index contributed by atoms with van der Waals surface area (Å²) in [6, 6.07) is 72.5. The van der Waals surface area contributed by atoms with Gasteiger partial charge in [-0.05, 0) is 80.2 Å². The number of hydrogen-bond donors (Lipinski definition) is 0. The Hall–Kier alpha value is -6.42. The van der Waals surface area contributed by atoms with Crippen LogP contribution in [0.25, 0.3) is 55.6 Å². The Labute approximate surface area is 299 Å². The summed E-state index contributed by atoms with van der Waals surface area (Å²) in [5.41, 5.74) is 17.5. The average Bonchev–Trinajstić information content (AvgIpc) is 3.33. The monoisotopic (exact) mass is 664 g/mol. The van der Waals surface area contributed by atoms with Crippen LogP contribution in [0.4, 0.5) is 22.7 Å². The molecule has 0 radical (unpaired) electrons. The zero-order valence-electron chi connectivity index (χ0n) is 27.9. The minimum Gasteiger partial charge on any atom is -0.342 e. The highest BCUT2D eigenvalue weighted by Gasteiger charge is 2.60. The zero-order valence-corrected chi connectivity index (χ0v) is 28.9. The van der Waals surface area contributed by atoms with Crippen LogP contribution in [-0.4, -0.2) is 8.40 Å². The number of para-hydroxylation sites is 2. The maximum Gasteiger partial charge on any atom is 0.341 e. The van der Waals surface area contributed by atoms with Crippen LogP contribution in [0.3, 0.4) is 0 Å². The second kappa shape index (κ2) is 10.8. The highest BCUT2D eigenvalue weighted by atomic mass is 28.3. The van der Waals surface area contributed by atoms with Crippen LogP contribution < -0.4 is 19.5 Å². The summed E-state index contributed by atoms with van der Waals surface area (Å²) in [4.78, 5) is 0. The molecule has 51 heavy (non-hydrogen) atoms. The van der Waals surface area contributed by atoms with Crippen molar-refractivity contribution in [3.63, 3.8) is 0 Å². The van der Waals surface area contributed by atoms with Gasteiger partial charge in [0.2, 0.25) is 0 Å². The first kappa shape index (κ1) is 28.4. The fourth-order valence-electron chi connectivity index (χ4n) is 9.03. The van der Waals surface area contributed by atoms with Crippen molar-refractivity contribution in [3.8, 4) is 55.6 Å². The van der Waals surface area contributed by atoms with Gasteiger partial charge >= 0.3 is 8.40 Å². The van der Waals surface area contributed by atoms with E-state index in [9.17, 15) is 0 Å². The first-order chi connectivity index (χ1) is 25.3. The van der Waals surface area contributed by atoms with E-state index in [4.69, 9.17) is 0 Å². The lowest BCUT2D eigenvalue weighted by atomic mass is 9.93. The third-order valence-electron chi connectivity index (χ3n) is 11.1. The zero-order chi connectivity index (χ0) is 33.5. The van der Waals surface area contributed by atoms with Gasteiger partial charge in [-0.3, -0.25) is 0 Å². The van der Waals surface area contributed by atoms with Crippen molar-refractivity contribution < 1.29 is 0 Å². The largest absolute Gasteiger partial charge is 0.342 e. The third-order valence-corrected chi connectivity index (χ3v) is 15.7. The van der Waals surface area contributed by atoms with Gasteiger partial charge in [-0.25, -0.2) is 0 Å². The highest BCUT2D eigenvalue weighted by molar-refractivity contribution is 7.11. The minimum atomic E-state index is -3.14. The molecule has 0 saturated heterocycles. The summed E-state index contributed by atoms with van der Waals surface area (Å²) >= 11 is 0. The van der Waals surface area contributed by atoms with Crippen molar-refractivity contribution in [1.29, 1.82) is 0 Å². The molecule has 0 amide bonds. The molecule has 0 bridgehead atoms. The fourth-order valence-corrected chi connectivity index (χ4v) is 14.5. The molecule has 0 aromatic heterocycles. The van der Waals surface area contributed by atoms with Crippen LogP contribution in [0.15, 0.2) is 194 Å². The summed E-state index contributed by atoms with van der Waals surface area (Å²) in [6.45, 7) is 0. The van der Waals surface area contributed by atoms with Gasteiger partial charge in [-0.2, -0.15) is 0 Å². The predicted molar refractivity (Wildman–Crippen MR) is 216 cm³/mol. The summed E-state index contributed by atoms with van der Waals surface area (Å²) in [5, 5.41) is 2.81. The number of fused-ring (bicyclic) bond motifs is 13. The molecule has 2 nitrogen and oxygen atoms in total. The van der Waals surface area contributed by atoms with E-state index < -0.39 is 8.40 Å². The number of hydrogen-bond acceptors (Lipinski definition) is 2. The molecule has 0 saturated carbocycles. The Balaban J connectivity index is 1.36. The second-order valence-corrected chi connectivity index (χ2v) is 17.0. The van der Waals surface area contributed by atoms with E-state index in [0.29, 0.717) is 0 Å². The lowest BCUT2D eigenvalue weighted by Crippen LogP contribution is -2.80. The van der Waals surface area contributed by atoms with Crippen LogP contribution in [0.5, 0.6) is 0 Å². The van der Waals surface area contributed by atoms with Crippen LogP contribution in [0.2, 0.25) is 0 Å². The summed E-state index contributed by atoms with van der Waals surface area (Å²) in [6.07, 6.45) is 0. The quantitative estimate of drug-likeness (QED) is 0.170. The molecular formula is C48H32N2Si. The Kier molecular flexibility index (Phi) is 6.01. The van der Waals surface area contributed by atoms with E-state index in [1.54, 1.807) is 0 Å². The molecule has 3 aliphatic heterocycles. The summed E-state index contributed by atoms with van der Waals surface area (Å²) in [5.74, 6) is 0. The SMILES string of the molecule is c1ccc(-c2ccc3c(c2)-c2cc(-c4ccccc4)ccc2N2c4ccccc4-c4ccccc4[Si]24c2ccccc2-c2ccccc2N34)cc1. The molecule has 0 fully saturated rings. The molecule has 11 rings (SSSR count). The van der Waals surface area contributed by atoms with Gasteiger partial charge in [-0.1, -0.05) is 158 Å². The van der Waals surface area contributed by atoms with Crippen molar-refractivity contribution in [3.05, 3.63) is 194 Å². The molecule has 238 valence electrons. The molecule has 3 aliphatic rings. The van der Waals surface area contributed by atoms with Crippen molar-refractivity contribution in [2.45, 2.75) is 0 Å². The molecule has 0 N–H and O–H groups in total. The maximum absolute atomic E-state index is 3.14. The Morgan fingerprint density at radius 3 is 1.06 bits per heavy atom. The third kappa shape index (κ3) is 3.87. The molecule has 8 aromatic rings. The van der Waals surface area contributed by atoms with Gasteiger partial charge in [0.15, 0.2) is 0 Å². The minimum absolute atomic E-state index is 1.22. The Bertz CT molecular complexity index is 2480. The van der Waals surface area contributed by atoms with Crippen molar-refractivity contribution >= 4 is 41.5 Å². The molecule has 3 heteroatoms. The van der Waals surface area contributed by atoms with E-state index in [-0.39, 0.29) is 0 Å². The predicted octanol–water partition coefficient (Wildman–Crippen LogP) is 11.2. The van der Waals surface area contributed by atoms with E-state index in [1.807, 2.05) is 0 Å². The van der Waals surface area contributed by atoms with Gasteiger partial charge in [0.1, 0.15) is 0 Å². The summed E-state index contributed by atoms with van der Waals surface area (Å²) < 4.78 is 5.59. The summed E-state index contributed by atoms with van der Waals surface area (Å²) in [7, 11) is -3.14. The van der Waals surface area contributed by atoms with Gasteiger partial charge in [-0.15, -0.1) is 0 Å². The molecule has 0 atom stereocenters. The fraction of sp³-hybridized carbons (Fsp3) is 0. The molecule has 1 spiro atoms. The lowest BCUT2D eigenvalue weighted by molar-refractivity contribution is 1.25. The van der Waals surface area contributed by atoms with E-state index >= 15 is 0 Å². The number of anilines is 4. The van der Waals surface area contributed by atoms with E-state index in [2.05, 4.69) is 203 Å². The van der Waals surface area contributed by atoms with Crippen molar-refractivity contribution in [2.75, 3.05) is 9.13 Å². The van der Waals surface area contributed by atoms with Crippen LogP contribution in [-0.2, 0) is 0 Å². The Morgan fingerprint density at radius 2 is 0.608 bits per heavy atom. The molecule has 8 aromatic carbocycles. The van der Waals surface area contributed by atoms with Crippen LogP contribution in [0.1, 0.15) is 0 Å². The average molecular weight is 665 g/mol. The molecule has 0 aliphatic carbocycles. The smallest absolute Gasteiger partial charge is 0.341 e. The van der Waals surface area contributed by atoms with Crippen molar-refractivity contribution in [1.82, 2.24) is 0 Å². The first-order valence-electron chi connectivity index (χ1n) is 17.7. The van der Waals surface area contributed by atoms with Gasteiger partial charge in [0, 0.05) is 45.0 Å². The lowest BCUT2D eigenvalue weighted by Gasteiger charge is -2.55. The van der Waals surface area contributed by atoms with E-state index in [0.717, 1.165) is 0 Å². The number of nitrogens with zero attached hydrogens (tertiary/aromatic N) is 2. The van der Waals surface area contributed by atoms with Gasteiger partial charge in [0.25, 0.3) is 0 Å². The maximum atomic E-state index is 2.80. The molecular weight excluding hydrogens is 633 g/mol. The van der Waals surface area contributed by atoms with Crippen LogP contribution >= 0.6 is 0 Å². The van der Waals surface area contributed by atoms with E-state index in [1.165, 1.54) is 88.8 Å².